The number of aliphatic hydroxyl groups excluding tert-OH is 2. The quantitative estimate of drug-likeness (QED) is 0.397. The van der Waals surface area contributed by atoms with Crippen LogP contribution < -0.4 is 5.73 Å². The van der Waals surface area contributed by atoms with Crippen LogP contribution in [-0.2, 0) is 16.0 Å². The molecule has 192 valence electrons. The third-order valence-corrected chi connectivity index (χ3v) is 7.94. The number of hydrogen-bond acceptors (Lipinski definition) is 8. The Morgan fingerprint density at radius 3 is 2.43 bits per heavy atom. The Morgan fingerprint density at radius 2 is 1.81 bits per heavy atom. The first kappa shape index (κ1) is 24.7. The summed E-state index contributed by atoms with van der Waals surface area (Å²) < 4.78 is 0. The Morgan fingerprint density at radius 1 is 1.11 bits per heavy atom. The molecule has 0 aliphatic heterocycles. The minimum absolute atomic E-state index is 0.000196. The van der Waals surface area contributed by atoms with Crippen LogP contribution in [0.15, 0.2) is 59.1 Å². The Balaban J connectivity index is 1.73. The average Bonchev–Trinajstić information content (AvgIpc) is 2.81. The standard InChI is InChI=1S/C28H28N2O7/c1-12-5-4-6-13(9-12)15-7-8-18(31)20-16(15)10-14-11-17-22(30(2)3)24(33)21(27(29)36)26(35)28(17,37)25(34)19(14)23(20)32/h4-9,14,17,22,31,33-34,37H,10-11H2,1-3H3,(H2,29,36)/t14-,17-,22-,28-/m0/s1. The van der Waals surface area contributed by atoms with Crippen LogP contribution in [0.3, 0.4) is 0 Å². The van der Waals surface area contributed by atoms with Gasteiger partial charge in [0.05, 0.1) is 11.6 Å². The third kappa shape index (κ3) is 3.34. The number of carbonyl (C=O) groups is 3. The maximum absolute atomic E-state index is 13.8. The Kier molecular flexibility index (Phi) is 5.54. The summed E-state index contributed by atoms with van der Waals surface area (Å²) in [7, 11) is 3.20. The number of fused-ring (bicyclic) bond motifs is 3. The summed E-state index contributed by atoms with van der Waals surface area (Å²) >= 11 is 0. The normalized spacial score (nSPS) is 27.2. The van der Waals surface area contributed by atoms with Gasteiger partial charge in [0.15, 0.2) is 11.4 Å². The summed E-state index contributed by atoms with van der Waals surface area (Å²) in [5.41, 5.74) is 4.96. The highest BCUT2D eigenvalue weighted by Crippen LogP contribution is 2.53. The van der Waals surface area contributed by atoms with Crippen molar-refractivity contribution in [2.45, 2.75) is 31.4 Å². The highest BCUT2D eigenvalue weighted by atomic mass is 16.3. The fourth-order valence-corrected chi connectivity index (χ4v) is 6.33. The number of phenols is 1. The van der Waals surface area contributed by atoms with Crippen LogP contribution in [0.1, 0.15) is 27.9 Å². The molecule has 0 saturated heterocycles. The molecule has 0 fully saturated rings. The lowest BCUT2D eigenvalue weighted by Gasteiger charge is -2.50. The maximum Gasteiger partial charge on any atom is 0.255 e. The molecule has 0 radical (unpaired) electrons. The van der Waals surface area contributed by atoms with Gasteiger partial charge in [-0.3, -0.25) is 19.3 Å². The van der Waals surface area contributed by atoms with E-state index >= 15 is 0 Å². The summed E-state index contributed by atoms with van der Waals surface area (Å²) in [5.74, 6) is -6.60. The Labute approximate surface area is 213 Å². The molecule has 0 heterocycles. The SMILES string of the molecule is Cc1cccc(-c2ccc(O)c3c2C[C@H]2C[C@H]4[C@H](N(C)C)C(O)=C(C(N)=O)C(=O)[C@@]4(O)C(O)=C2C3=O)c1. The Bertz CT molecular complexity index is 1450. The van der Waals surface area contributed by atoms with E-state index in [9.17, 15) is 34.8 Å². The average molecular weight is 505 g/mol. The zero-order chi connectivity index (χ0) is 27.0. The molecular formula is C28H28N2O7. The van der Waals surface area contributed by atoms with Crippen molar-refractivity contribution in [2.24, 2.45) is 17.6 Å². The molecule has 2 aromatic rings. The lowest BCUT2D eigenvalue weighted by Crippen LogP contribution is -2.63. The van der Waals surface area contributed by atoms with E-state index in [1.54, 1.807) is 20.2 Å². The fraction of sp³-hybridized carbons (Fsp3) is 0.321. The highest BCUT2D eigenvalue weighted by Gasteiger charge is 2.63. The summed E-state index contributed by atoms with van der Waals surface area (Å²) in [5, 5.41) is 44.6. The van der Waals surface area contributed by atoms with Gasteiger partial charge in [0.1, 0.15) is 22.8 Å². The molecule has 3 aliphatic carbocycles. The van der Waals surface area contributed by atoms with Crippen molar-refractivity contribution in [3.05, 3.63) is 75.8 Å². The van der Waals surface area contributed by atoms with Crippen LogP contribution in [0.5, 0.6) is 5.75 Å². The zero-order valence-electron chi connectivity index (χ0n) is 20.6. The van der Waals surface area contributed by atoms with E-state index in [0.29, 0.717) is 5.56 Å². The van der Waals surface area contributed by atoms with Crippen molar-refractivity contribution in [2.75, 3.05) is 14.1 Å². The molecule has 0 unspecified atom stereocenters. The lowest BCUT2D eigenvalue weighted by molar-refractivity contribution is -0.148. The molecule has 37 heavy (non-hydrogen) atoms. The first-order chi connectivity index (χ1) is 17.4. The first-order valence-electron chi connectivity index (χ1n) is 12.0. The minimum atomic E-state index is -2.64. The maximum atomic E-state index is 13.8. The first-order valence-corrected chi connectivity index (χ1v) is 12.0. The number of Topliss-reactive ketones (excluding diaryl/α,β-unsaturated/α-hetero) is 2. The molecule has 2 aromatic carbocycles. The number of hydrogen-bond donors (Lipinski definition) is 5. The number of aliphatic hydroxyl groups is 3. The predicted octanol–water partition coefficient (Wildman–Crippen LogP) is 2.10. The van der Waals surface area contributed by atoms with Crippen molar-refractivity contribution < 1.29 is 34.8 Å². The van der Waals surface area contributed by atoms with Gasteiger partial charge in [-0.1, -0.05) is 35.9 Å². The van der Waals surface area contributed by atoms with Crippen LogP contribution >= 0.6 is 0 Å². The van der Waals surface area contributed by atoms with E-state index in [-0.39, 0.29) is 29.7 Å². The number of amides is 1. The number of ketones is 2. The van der Waals surface area contributed by atoms with Gasteiger partial charge in [-0.15, -0.1) is 0 Å². The summed E-state index contributed by atoms with van der Waals surface area (Å²) in [6.45, 7) is 1.95. The van der Waals surface area contributed by atoms with Crippen molar-refractivity contribution >= 4 is 17.5 Å². The van der Waals surface area contributed by atoms with Gasteiger partial charge < -0.3 is 26.2 Å². The second-order valence-electron chi connectivity index (χ2n) is 10.3. The van der Waals surface area contributed by atoms with Crippen molar-refractivity contribution in [3.8, 4) is 16.9 Å². The molecule has 6 N–H and O–H groups in total. The van der Waals surface area contributed by atoms with Gasteiger partial charge in [-0.25, -0.2) is 0 Å². The van der Waals surface area contributed by atoms with Crippen LogP contribution in [0.4, 0.5) is 0 Å². The number of primary amides is 1. The van der Waals surface area contributed by atoms with Crippen LogP contribution in [0, 0.1) is 18.8 Å². The van der Waals surface area contributed by atoms with E-state index in [1.807, 2.05) is 31.2 Å². The molecule has 0 saturated carbocycles. The van der Waals surface area contributed by atoms with Gasteiger partial charge in [0, 0.05) is 11.5 Å². The molecule has 4 atom stereocenters. The number of likely N-dealkylation sites (N-methyl/N-ethyl adjacent to an activating group) is 1. The second-order valence-corrected chi connectivity index (χ2v) is 10.3. The van der Waals surface area contributed by atoms with E-state index in [1.165, 1.54) is 11.0 Å². The summed E-state index contributed by atoms with van der Waals surface area (Å²) in [6, 6.07) is 9.85. The molecule has 5 rings (SSSR count). The zero-order valence-corrected chi connectivity index (χ0v) is 20.6. The highest BCUT2D eigenvalue weighted by molar-refractivity contribution is 6.24. The molecule has 3 aliphatic rings. The van der Waals surface area contributed by atoms with Crippen LogP contribution in [0.25, 0.3) is 11.1 Å². The second kappa shape index (κ2) is 8.29. The minimum Gasteiger partial charge on any atom is -0.510 e. The number of aryl methyl sites for hydroxylation is 1. The fourth-order valence-electron chi connectivity index (χ4n) is 6.33. The van der Waals surface area contributed by atoms with Gasteiger partial charge in [0.2, 0.25) is 5.78 Å². The number of benzene rings is 2. The van der Waals surface area contributed by atoms with E-state index in [0.717, 1.165) is 16.7 Å². The Hall–Kier alpha value is -3.95. The monoisotopic (exact) mass is 504 g/mol. The van der Waals surface area contributed by atoms with Crippen molar-refractivity contribution in [3.63, 3.8) is 0 Å². The van der Waals surface area contributed by atoms with Crippen molar-refractivity contribution in [1.29, 1.82) is 0 Å². The van der Waals surface area contributed by atoms with E-state index in [4.69, 9.17) is 5.73 Å². The molecular weight excluding hydrogens is 476 g/mol. The number of aromatic hydroxyl groups is 1. The number of phenolic OH excluding ortho intramolecular Hbond substituents is 1. The number of rotatable bonds is 3. The van der Waals surface area contributed by atoms with Gasteiger partial charge in [-0.2, -0.15) is 0 Å². The topological polar surface area (TPSA) is 161 Å². The van der Waals surface area contributed by atoms with Crippen LogP contribution in [0.2, 0.25) is 0 Å². The predicted molar refractivity (Wildman–Crippen MR) is 134 cm³/mol. The molecule has 0 aromatic heterocycles. The number of allylic oxidation sites excluding steroid dienone is 1. The van der Waals surface area contributed by atoms with Gasteiger partial charge in [-0.05, 0) is 62.5 Å². The van der Waals surface area contributed by atoms with Gasteiger partial charge >= 0.3 is 0 Å². The number of nitrogens with zero attached hydrogens (tertiary/aromatic N) is 1. The number of carbonyl (C=O) groups excluding carboxylic acids is 3. The molecule has 9 nitrogen and oxygen atoms in total. The largest absolute Gasteiger partial charge is 0.510 e. The van der Waals surface area contributed by atoms with Crippen molar-refractivity contribution in [1.82, 2.24) is 4.90 Å². The third-order valence-electron chi connectivity index (χ3n) is 7.94. The molecule has 1 amide bonds. The summed E-state index contributed by atoms with van der Waals surface area (Å²) in [4.78, 5) is 40.7. The van der Waals surface area contributed by atoms with Crippen LogP contribution in [-0.4, -0.2) is 68.5 Å². The van der Waals surface area contributed by atoms with E-state index < -0.39 is 58.0 Å². The molecule has 0 bridgehead atoms. The summed E-state index contributed by atoms with van der Waals surface area (Å²) in [6.07, 6.45) is 0.293. The lowest BCUT2D eigenvalue weighted by atomic mass is 9.58. The smallest absolute Gasteiger partial charge is 0.255 e. The van der Waals surface area contributed by atoms with E-state index in [2.05, 4.69) is 0 Å². The molecule has 9 heteroatoms. The molecule has 0 spiro atoms. The number of nitrogens with two attached hydrogens (primary N) is 1. The van der Waals surface area contributed by atoms with Gasteiger partial charge in [0.25, 0.3) is 5.91 Å².